The lowest BCUT2D eigenvalue weighted by Gasteiger charge is -2.33. The smallest absolute Gasteiger partial charge is 0.410 e. The maximum absolute atomic E-state index is 14.1. The van der Waals surface area contributed by atoms with Crippen LogP contribution in [-0.2, 0) is 22.6 Å². The first-order valence-corrected chi connectivity index (χ1v) is 12.7. The molecule has 1 saturated heterocycles. The molecular weight excluding hydrogens is 525 g/mol. The van der Waals surface area contributed by atoms with Crippen molar-refractivity contribution in [1.29, 1.82) is 0 Å². The van der Waals surface area contributed by atoms with E-state index in [0.29, 0.717) is 17.7 Å². The summed E-state index contributed by atoms with van der Waals surface area (Å²) in [6.07, 6.45) is -1.13. The first-order chi connectivity index (χ1) is 19.2. The van der Waals surface area contributed by atoms with Crippen LogP contribution in [0.1, 0.15) is 27.9 Å². The molecule has 0 saturated carbocycles. The van der Waals surface area contributed by atoms with Crippen molar-refractivity contribution in [3.63, 3.8) is 0 Å². The van der Waals surface area contributed by atoms with Crippen LogP contribution in [0, 0.1) is 17.5 Å². The highest BCUT2D eigenvalue weighted by Gasteiger charge is 2.33. The fraction of sp³-hybridized carbons (Fsp3) is 0.276. The van der Waals surface area contributed by atoms with Crippen LogP contribution in [-0.4, -0.2) is 65.0 Å². The van der Waals surface area contributed by atoms with Gasteiger partial charge in [0.05, 0.1) is 13.1 Å². The third-order valence-corrected chi connectivity index (χ3v) is 6.47. The molecule has 4 rings (SSSR count). The molecular formula is C29H29F3N4O4. The molecule has 11 heteroatoms. The number of ether oxygens (including phenoxy) is 1. The van der Waals surface area contributed by atoms with E-state index in [0.717, 1.165) is 5.56 Å². The van der Waals surface area contributed by atoms with Crippen molar-refractivity contribution >= 4 is 17.9 Å². The third kappa shape index (κ3) is 7.17. The normalized spacial score (nSPS) is 14.4. The van der Waals surface area contributed by atoms with Gasteiger partial charge in [-0.3, -0.25) is 9.59 Å². The van der Waals surface area contributed by atoms with Gasteiger partial charge in [0.15, 0.2) is 11.6 Å². The summed E-state index contributed by atoms with van der Waals surface area (Å²) in [4.78, 5) is 41.0. The van der Waals surface area contributed by atoms with Crippen molar-refractivity contribution in [3.05, 3.63) is 107 Å². The zero-order valence-corrected chi connectivity index (χ0v) is 21.6. The van der Waals surface area contributed by atoms with Gasteiger partial charge in [0.2, 0.25) is 5.91 Å². The van der Waals surface area contributed by atoms with Crippen LogP contribution in [0.5, 0.6) is 0 Å². The van der Waals surface area contributed by atoms with E-state index in [1.165, 1.54) is 14.9 Å². The van der Waals surface area contributed by atoms with Gasteiger partial charge in [0, 0.05) is 37.2 Å². The molecule has 0 aromatic heterocycles. The zero-order valence-electron chi connectivity index (χ0n) is 21.6. The van der Waals surface area contributed by atoms with Crippen molar-refractivity contribution < 1.29 is 32.3 Å². The highest BCUT2D eigenvalue weighted by atomic mass is 19.2. The summed E-state index contributed by atoms with van der Waals surface area (Å²) < 4.78 is 46.5. The van der Waals surface area contributed by atoms with Gasteiger partial charge in [-0.25, -0.2) is 28.0 Å². The Morgan fingerprint density at radius 2 is 1.40 bits per heavy atom. The Bertz CT molecular complexity index is 1340. The molecule has 1 heterocycles. The number of halogens is 3. The Labute approximate surface area is 229 Å². The van der Waals surface area contributed by atoms with Crippen LogP contribution in [0.2, 0.25) is 0 Å². The minimum absolute atomic E-state index is 0.00689. The van der Waals surface area contributed by atoms with Crippen molar-refractivity contribution in [2.24, 2.45) is 5.73 Å². The minimum Gasteiger partial charge on any atom is -0.445 e. The summed E-state index contributed by atoms with van der Waals surface area (Å²) in [5, 5.41) is 2.48. The van der Waals surface area contributed by atoms with Crippen molar-refractivity contribution in [3.8, 4) is 0 Å². The van der Waals surface area contributed by atoms with Gasteiger partial charge in [0.25, 0.3) is 5.91 Å². The Morgan fingerprint density at radius 1 is 0.800 bits per heavy atom. The van der Waals surface area contributed by atoms with Gasteiger partial charge < -0.3 is 15.4 Å². The molecule has 40 heavy (non-hydrogen) atoms. The quantitative estimate of drug-likeness (QED) is 0.447. The van der Waals surface area contributed by atoms with Crippen LogP contribution in [0.15, 0.2) is 72.8 Å². The van der Waals surface area contributed by atoms with E-state index < -0.39 is 41.4 Å². The second-order valence-electron chi connectivity index (χ2n) is 9.36. The van der Waals surface area contributed by atoms with E-state index in [4.69, 9.17) is 10.5 Å². The fourth-order valence-electron chi connectivity index (χ4n) is 4.38. The summed E-state index contributed by atoms with van der Waals surface area (Å²) in [5.74, 6) is -4.51. The molecule has 1 aliphatic rings. The minimum atomic E-state index is -1.32. The van der Waals surface area contributed by atoms with Crippen LogP contribution in [0.3, 0.4) is 0 Å². The molecule has 0 bridgehead atoms. The Hall–Kier alpha value is -4.38. The van der Waals surface area contributed by atoms with E-state index in [1.807, 2.05) is 30.3 Å². The second kappa shape index (κ2) is 13.1. The SMILES string of the molecule is N[C@@H](CC(=O)N1CCN(C(=O)OCc2ccccc2)CCN1C(=O)c1ccccc1)Cc1cc(F)c(F)cc1F. The van der Waals surface area contributed by atoms with Gasteiger partial charge in [-0.2, -0.15) is 0 Å². The summed E-state index contributed by atoms with van der Waals surface area (Å²) in [7, 11) is 0. The molecule has 1 atom stereocenters. The lowest BCUT2D eigenvalue weighted by atomic mass is 10.0. The number of hydrogen-bond acceptors (Lipinski definition) is 5. The highest BCUT2D eigenvalue weighted by Crippen LogP contribution is 2.18. The Balaban J connectivity index is 1.47. The zero-order chi connectivity index (χ0) is 28.6. The molecule has 0 spiro atoms. The van der Waals surface area contributed by atoms with Crippen molar-refractivity contribution in [1.82, 2.24) is 14.9 Å². The summed E-state index contributed by atoms with van der Waals surface area (Å²) in [5.41, 5.74) is 7.08. The largest absolute Gasteiger partial charge is 0.445 e. The van der Waals surface area contributed by atoms with E-state index in [1.54, 1.807) is 30.3 Å². The third-order valence-electron chi connectivity index (χ3n) is 6.47. The first kappa shape index (κ1) is 28.6. The number of hydrazine groups is 1. The van der Waals surface area contributed by atoms with Gasteiger partial charge >= 0.3 is 6.09 Å². The number of amides is 3. The first-order valence-electron chi connectivity index (χ1n) is 12.7. The van der Waals surface area contributed by atoms with Crippen LogP contribution in [0.25, 0.3) is 0 Å². The molecule has 210 valence electrons. The predicted molar refractivity (Wildman–Crippen MR) is 140 cm³/mol. The molecule has 0 aliphatic carbocycles. The number of hydrogen-bond donors (Lipinski definition) is 1. The number of carbonyl (C=O) groups excluding carboxylic acids is 3. The van der Waals surface area contributed by atoms with Crippen molar-refractivity contribution in [2.45, 2.75) is 25.5 Å². The van der Waals surface area contributed by atoms with Gasteiger partial charge in [-0.15, -0.1) is 0 Å². The Kier molecular flexibility index (Phi) is 9.39. The molecule has 0 unspecified atom stereocenters. The van der Waals surface area contributed by atoms with Gasteiger partial charge in [0.1, 0.15) is 12.4 Å². The molecule has 3 aromatic rings. The number of nitrogens with zero attached hydrogens (tertiary/aromatic N) is 3. The number of nitrogens with two attached hydrogens (primary N) is 1. The highest BCUT2D eigenvalue weighted by molar-refractivity contribution is 5.95. The molecule has 3 aromatic carbocycles. The molecule has 2 N–H and O–H groups in total. The summed E-state index contributed by atoms with van der Waals surface area (Å²) >= 11 is 0. The maximum atomic E-state index is 14.1. The topological polar surface area (TPSA) is 96.2 Å². The van der Waals surface area contributed by atoms with E-state index in [9.17, 15) is 27.6 Å². The standard InChI is InChI=1S/C29H29F3N4O4/c30-24-18-26(32)25(31)16-22(24)15-23(33)17-27(37)35-13-11-34(29(39)40-19-20-7-3-1-4-8-20)12-14-36(35)28(38)21-9-5-2-6-10-21/h1-10,16,18,23H,11-15,17,19,33H2/t23-/m1/s1. The Morgan fingerprint density at radius 3 is 2.08 bits per heavy atom. The number of benzene rings is 3. The average molecular weight is 555 g/mol. The fourth-order valence-corrected chi connectivity index (χ4v) is 4.38. The lowest BCUT2D eigenvalue weighted by molar-refractivity contribution is -0.144. The van der Waals surface area contributed by atoms with E-state index in [-0.39, 0.29) is 51.2 Å². The number of carbonyl (C=O) groups is 3. The molecule has 8 nitrogen and oxygen atoms in total. The van der Waals surface area contributed by atoms with Crippen molar-refractivity contribution in [2.75, 3.05) is 26.2 Å². The molecule has 3 amide bonds. The molecule has 1 aliphatic heterocycles. The summed E-state index contributed by atoms with van der Waals surface area (Å²) in [6.45, 7) is 0.255. The van der Waals surface area contributed by atoms with Crippen LogP contribution < -0.4 is 5.73 Å². The van der Waals surface area contributed by atoms with Crippen LogP contribution in [0.4, 0.5) is 18.0 Å². The second-order valence-corrected chi connectivity index (χ2v) is 9.36. The van der Waals surface area contributed by atoms with Gasteiger partial charge in [-0.1, -0.05) is 48.5 Å². The summed E-state index contributed by atoms with van der Waals surface area (Å²) in [6, 6.07) is 17.7. The maximum Gasteiger partial charge on any atom is 0.410 e. The molecule has 0 radical (unpaired) electrons. The lowest BCUT2D eigenvalue weighted by Crippen LogP contribution is -2.51. The van der Waals surface area contributed by atoms with E-state index >= 15 is 0 Å². The average Bonchev–Trinajstić information content (AvgIpc) is 3.19. The predicted octanol–water partition coefficient (Wildman–Crippen LogP) is 3.90. The van der Waals surface area contributed by atoms with Crippen LogP contribution >= 0.6 is 0 Å². The molecule has 1 fully saturated rings. The monoisotopic (exact) mass is 554 g/mol. The number of rotatable bonds is 7. The van der Waals surface area contributed by atoms with Gasteiger partial charge in [-0.05, 0) is 35.7 Å². The van der Waals surface area contributed by atoms with E-state index in [2.05, 4.69) is 0 Å².